The number of hydrogen-bond donors (Lipinski definition) is 3. The summed E-state index contributed by atoms with van der Waals surface area (Å²) in [6.45, 7) is 0. The Balaban J connectivity index is 3.04. The molecule has 0 aromatic heterocycles. The Morgan fingerprint density at radius 1 is 1.38 bits per heavy atom. The van der Waals surface area contributed by atoms with Crippen molar-refractivity contribution < 1.29 is 8.42 Å². The smallest absolute Gasteiger partial charge is 0.296 e. The molecule has 1 aromatic carbocycles. The molecule has 7 heteroatoms. The van der Waals surface area contributed by atoms with Gasteiger partial charge in [-0.25, -0.2) is 5.14 Å². The fraction of sp³-hybridized carbons (Fsp3) is 0. The number of rotatable bonds is 2. The lowest BCUT2D eigenvalue weighted by atomic mass is 10.3. The van der Waals surface area contributed by atoms with Gasteiger partial charge >= 0.3 is 0 Å². The van der Waals surface area contributed by atoms with Gasteiger partial charge in [0.15, 0.2) is 0 Å². The molecule has 0 saturated heterocycles. The normalized spacial score (nSPS) is 11.2. The van der Waals surface area contributed by atoms with E-state index in [1.54, 1.807) is 0 Å². The zero-order chi connectivity index (χ0) is 10.1. The van der Waals surface area contributed by atoms with E-state index < -0.39 is 10.2 Å². The minimum Gasteiger partial charge on any atom is -0.399 e. The monoisotopic (exact) mass is 221 g/mol. The Morgan fingerprint density at radius 3 is 2.46 bits per heavy atom. The molecule has 0 aliphatic rings. The van der Waals surface area contributed by atoms with Crippen LogP contribution in [0, 0.1) is 0 Å². The highest BCUT2D eigenvalue weighted by molar-refractivity contribution is 7.90. The third-order valence-corrected chi connectivity index (χ3v) is 2.06. The third-order valence-electron chi connectivity index (χ3n) is 1.25. The molecular formula is C6H8ClN3O2S. The molecule has 13 heavy (non-hydrogen) atoms. The van der Waals surface area contributed by atoms with Crippen LogP contribution >= 0.6 is 11.6 Å². The van der Waals surface area contributed by atoms with Crippen molar-refractivity contribution >= 4 is 33.2 Å². The second kappa shape index (κ2) is 3.41. The van der Waals surface area contributed by atoms with Crippen LogP contribution in [0.5, 0.6) is 0 Å². The van der Waals surface area contributed by atoms with Gasteiger partial charge in [0.2, 0.25) is 0 Å². The van der Waals surface area contributed by atoms with Crippen molar-refractivity contribution in [3.05, 3.63) is 23.2 Å². The standard InChI is InChI=1S/C6H8ClN3O2S/c7-5-3-4(8)1-2-6(5)10-13(9,11)12/h1-3,10H,8H2,(H2,9,11,12). The first-order valence-electron chi connectivity index (χ1n) is 3.24. The predicted molar refractivity (Wildman–Crippen MR) is 52.6 cm³/mol. The summed E-state index contributed by atoms with van der Waals surface area (Å²) in [5.41, 5.74) is 6.05. The van der Waals surface area contributed by atoms with Crippen LogP contribution in [0.15, 0.2) is 18.2 Å². The second-order valence-electron chi connectivity index (χ2n) is 2.39. The SMILES string of the molecule is Nc1ccc(NS(N)(=O)=O)c(Cl)c1. The molecule has 0 spiro atoms. The van der Waals surface area contributed by atoms with Gasteiger partial charge < -0.3 is 5.73 Å². The van der Waals surface area contributed by atoms with Gasteiger partial charge in [-0.3, -0.25) is 4.72 Å². The number of halogens is 1. The number of nitrogens with two attached hydrogens (primary N) is 2. The number of benzene rings is 1. The van der Waals surface area contributed by atoms with Gasteiger partial charge in [-0.2, -0.15) is 8.42 Å². The summed E-state index contributed by atoms with van der Waals surface area (Å²) < 4.78 is 23.3. The minimum atomic E-state index is -3.79. The number of nitrogens with one attached hydrogen (secondary N) is 1. The van der Waals surface area contributed by atoms with E-state index in [0.717, 1.165) is 0 Å². The van der Waals surface area contributed by atoms with Gasteiger partial charge in [-0.05, 0) is 18.2 Å². The van der Waals surface area contributed by atoms with Gasteiger partial charge in [0.1, 0.15) is 0 Å². The average Bonchev–Trinajstić information content (AvgIpc) is 1.93. The lowest BCUT2D eigenvalue weighted by molar-refractivity contribution is 0.603. The maximum atomic E-state index is 10.6. The highest BCUT2D eigenvalue weighted by Gasteiger charge is 2.05. The van der Waals surface area contributed by atoms with Crippen LogP contribution in [0.2, 0.25) is 5.02 Å². The molecule has 0 aliphatic heterocycles. The van der Waals surface area contributed by atoms with Crippen molar-refractivity contribution in [2.24, 2.45) is 5.14 Å². The molecule has 1 rings (SSSR count). The zero-order valence-corrected chi connectivity index (χ0v) is 8.06. The van der Waals surface area contributed by atoms with Crippen LogP contribution < -0.4 is 15.6 Å². The van der Waals surface area contributed by atoms with Gasteiger partial charge in [0, 0.05) is 5.69 Å². The van der Waals surface area contributed by atoms with Gasteiger partial charge in [-0.1, -0.05) is 11.6 Å². The van der Waals surface area contributed by atoms with E-state index in [0.29, 0.717) is 5.69 Å². The molecule has 5 nitrogen and oxygen atoms in total. The van der Waals surface area contributed by atoms with Gasteiger partial charge in [0.25, 0.3) is 10.2 Å². The predicted octanol–water partition coefficient (Wildman–Crippen LogP) is 0.538. The van der Waals surface area contributed by atoms with Crippen molar-refractivity contribution in [3.63, 3.8) is 0 Å². The molecular weight excluding hydrogens is 214 g/mol. The van der Waals surface area contributed by atoms with E-state index in [2.05, 4.69) is 0 Å². The summed E-state index contributed by atoms with van der Waals surface area (Å²) in [7, 11) is -3.79. The number of nitrogen functional groups attached to an aromatic ring is 1. The summed E-state index contributed by atoms with van der Waals surface area (Å²) in [6.07, 6.45) is 0. The first-order chi connectivity index (χ1) is 5.88. The highest BCUT2D eigenvalue weighted by Crippen LogP contribution is 2.24. The van der Waals surface area contributed by atoms with Crippen molar-refractivity contribution in [3.8, 4) is 0 Å². The Kier molecular flexibility index (Phi) is 2.65. The lowest BCUT2D eigenvalue weighted by Crippen LogP contribution is -2.21. The molecule has 0 unspecified atom stereocenters. The average molecular weight is 222 g/mol. The molecule has 0 heterocycles. The van der Waals surface area contributed by atoms with Crippen molar-refractivity contribution in [1.29, 1.82) is 0 Å². The van der Waals surface area contributed by atoms with Crippen LogP contribution in [-0.2, 0) is 10.2 Å². The van der Waals surface area contributed by atoms with E-state index in [1.807, 2.05) is 4.72 Å². The summed E-state index contributed by atoms with van der Waals surface area (Å²) in [5, 5.41) is 4.95. The molecule has 0 aliphatic carbocycles. The Labute approximate surface area is 80.9 Å². The van der Waals surface area contributed by atoms with Crippen LogP contribution in [0.1, 0.15) is 0 Å². The number of anilines is 2. The lowest BCUT2D eigenvalue weighted by Gasteiger charge is -2.05. The van der Waals surface area contributed by atoms with Crippen molar-refractivity contribution in [2.75, 3.05) is 10.5 Å². The summed E-state index contributed by atoms with van der Waals surface area (Å²) in [5.74, 6) is 0. The van der Waals surface area contributed by atoms with Crippen molar-refractivity contribution in [2.45, 2.75) is 0 Å². The molecule has 0 atom stereocenters. The van der Waals surface area contributed by atoms with E-state index in [-0.39, 0.29) is 10.7 Å². The molecule has 0 radical (unpaired) electrons. The highest BCUT2D eigenvalue weighted by atomic mass is 35.5. The van der Waals surface area contributed by atoms with E-state index in [9.17, 15) is 8.42 Å². The molecule has 0 bridgehead atoms. The topological polar surface area (TPSA) is 98.2 Å². The fourth-order valence-electron chi connectivity index (χ4n) is 0.767. The maximum Gasteiger partial charge on any atom is 0.296 e. The molecule has 5 N–H and O–H groups in total. The first-order valence-corrected chi connectivity index (χ1v) is 5.16. The van der Waals surface area contributed by atoms with Crippen LogP contribution in [0.25, 0.3) is 0 Å². The zero-order valence-electron chi connectivity index (χ0n) is 6.49. The summed E-state index contributed by atoms with van der Waals surface area (Å²) >= 11 is 5.67. The van der Waals surface area contributed by atoms with Crippen LogP contribution in [0.4, 0.5) is 11.4 Å². The fourth-order valence-corrected chi connectivity index (χ4v) is 1.54. The van der Waals surface area contributed by atoms with E-state index >= 15 is 0 Å². The summed E-state index contributed by atoms with van der Waals surface area (Å²) in [4.78, 5) is 0. The van der Waals surface area contributed by atoms with Gasteiger partial charge in [-0.15, -0.1) is 0 Å². The molecule has 1 aromatic rings. The Hall–Kier alpha value is -0.980. The Bertz CT molecular complexity index is 418. The van der Waals surface area contributed by atoms with E-state index in [4.69, 9.17) is 22.5 Å². The quantitative estimate of drug-likeness (QED) is 0.636. The maximum absolute atomic E-state index is 10.6. The number of hydrogen-bond acceptors (Lipinski definition) is 3. The molecule has 0 saturated carbocycles. The minimum absolute atomic E-state index is 0.203. The van der Waals surface area contributed by atoms with Crippen LogP contribution in [0.3, 0.4) is 0 Å². The van der Waals surface area contributed by atoms with Crippen molar-refractivity contribution in [1.82, 2.24) is 0 Å². The van der Waals surface area contributed by atoms with Gasteiger partial charge in [0.05, 0.1) is 10.7 Å². The molecule has 72 valence electrons. The third kappa shape index (κ3) is 3.10. The summed E-state index contributed by atoms with van der Waals surface area (Å²) in [6, 6.07) is 4.37. The van der Waals surface area contributed by atoms with E-state index in [1.165, 1.54) is 18.2 Å². The first kappa shape index (κ1) is 10.1. The second-order valence-corrected chi connectivity index (χ2v) is 4.09. The molecule has 0 amide bonds. The molecule has 0 fully saturated rings. The Morgan fingerprint density at radius 2 is 2.00 bits per heavy atom. The largest absolute Gasteiger partial charge is 0.399 e. The van der Waals surface area contributed by atoms with Crippen LogP contribution in [-0.4, -0.2) is 8.42 Å².